The normalized spacial score (nSPS) is 16.2. The zero-order valence-electron chi connectivity index (χ0n) is 13.5. The van der Waals surface area contributed by atoms with Crippen molar-refractivity contribution in [3.63, 3.8) is 0 Å². The largest absolute Gasteiger partial charge is 0.491 e. The average Bonchev–Trinajstić information content (AvgIpc) is 3.15. The summed E-state index contributed by atoms with van der Waals surface area (Å²) < 4.78 is 11.2. The Morgan fingerprint density at radius 1 is 1.32 bits per heavy atom. The van der Waals surface area contributed by atoms with Crippen molar-refractivity contribution in [3.8, 4) is 11.8 Å². The van der Waals surface area contributed by atoms with Gasteiger partial charge in [-0.25, -0.2) is 0 Å². The van der Waals surface area contributed by atoms with E-state index in [9.17, 15) is 15.4 Å². The molecule has 1 atom stereocenters. The highest BCUT2D eigenvalue weighted by molar-refractivity contribution is 5.68. The summed E-state index contributed by atoms with van der Waals surface area (Å²) in [5.41, 5.74) is 1.38. The summed E-state index contributed by atoms with van der Waals surface area (Å²) in [6.07, 6.45) is 2.26. The van der Waals surface area contributed by atoms with Crippen LogP contribution in [-0.2, 0) is 4.74 Å². The Bertz CT molecular complexity index is 793. The lowest BCUT2D eigenvalue weighted by Crippen LogP contribution is -2.16. The first-order valence-electron chi connectivity index (χ1n) is 7.96. The van der Waals surface area contributed by atoms with Crippen LogP contribution in [0.4, 0.5) is 17.1 Å². The molecule has 1 aliphatic heterocycles. The molecule has 0 aromatic heterocycles. The van der Waals surface area contributed by atoms with Crippen molar-refractivity contribution in [1.82, 2.24) is 0 Å². The number of non-ortho nitro benzene ring substituents is 1. The number of nitro benzene ring substituents is 1. The highest BCUT2D eigenvalue weighted by atomic mass is 16.6. The van der Waals surface area contributed by atoms with E-state index in [4.69, 9.17) is 9.47 Å². The monoisotopic (exact) mass is 339 g/mol. The Morgan fingerprint density at radius 3 is 2.76 bits per heavy atom. The summed E-state index contributed by atoms with van der Waals surface area (Å²) in [5.74, 6) is 0.741. The van der Waals surface area contributed by atoms with Gasteiger partial charge in [0.15, 0.2) is 0 Å². The molecule has 1 heterocycles. The van der Waals surface area contributed by atoms with Crippen LogP contribution in [0.3, 0.4) is 0 Å². The maximum absolute atomic E-state index is 10.8. The zero-order chi connectivity index (χ0) is 17.6. The molecule has 25 heavy (non-hydrogen) atoms. The summed E-state index contributed by atoms with van der Waals surface area (Å²) in [5, 5.41) is 23.1. The minimum absolute atomic E-state index is 0.111. The third kappa shape index (κ3) is 4.25. The second kappa shape index (κ2) is 7.64. The third-order valence-corrected chi connectivity index (χ3v) is 3.93. The van der Waals surface area contributed by atoms with Crippen LogP contribution in [-0.4, -0.2) is 24.2 Å². The molecule has 0 amide bonds. The van der Waals surface area contributed by atoms with Gasteiger partial charge in [-0.05, 0) is 43.2 Å². The molecule has 7 heteroatoms. The van der Waals surface area contributed by atoms with Gasteiger partial charge in [-0.15, -0.1) is 0 Å². The number of nitrogens with one attached hydrogen (secondary N) is 1. The fraction of sp³-hybridized carbons (Fsp3) is 0.278. The molecule has 2 aromatic carbocycles. The fourth-order valence-corrected chi connectivity index (χ4v) is 2.60. The number of ether oxygens (including phenoxy) is 2. The van der Waals surface area contributed by atoms with E-state index in [1.807, 2.05) is 30.3 Å². The van der Waals surface area contributed by atoms with Crippen molar-refractivity contribution in [2.45, 2.75) is 18.9 Å². The van der Waals surface area contributed by atoms with Gasteiger partial charge in [0.05, 0.1) is 22.3 Å². The molecule has 3 rings (SSSR count). The summed E-state index contributed by atoms with van der Waals surface area (Å²) in [7, 11) is 0. The van der Waals surface area contributed by atoms with Gasteiger partial charge in [-0.3, -0.25) is 10.1 Å². The molecule has 1 N–H and O–H groups in total. The lowest BCUT2D eigenvalue weighted by molar-refractivity contribution is -0.384. The van der Waals surface area contributed by atoms with Crippen molar-refractivity contribution in [1.29, 1.82) is 5.26 Å². The SMILES string of the molecule is N#Cc1cc([N+](=O)[O-])ccc1Nc1ccc(OC[C@H]2CCCO2)cc1. The van der Waals surface area contributed by atoms with Gasteiger partial charge in [-0.1, -0.05) is 0 Å². The predicted molar refractivity (Wildman–Crippen MR) is 92.0 cm³/mol. The summed E-state index contributed by atoms with van der Waals surface area (Å²) in [6.45, 7) is 1.33. The van der Waals surface area contributed by atoms with E-state index in [0.29, 0.717) is 12.3 Å². The lowest BCUT2D eigenvalue weighted by atomic mass is 10.1. The molecule has 128 valence electrons. The second-order valence-corrected chi connectivity index (χ2v) is 5.69. The topological polar surface area (TPSA) is 97.4 Å². The van der Waals surface area contributed by atoms with E-state index >= 15 is 0 Å². The molecule has 0 aliphatic carbocycles. The standard InChI is InChI=1S/C18H17N3O4/c19-11-13-10-15(21(22)23)5-8-18(13)20-14-3-6-16(7-4-14)25-12-17-2-1-9-24-17/h3-8,10,17,20H,1-2,9,12H2/t17-/m1/s1. The van der Waals surface area contributed by atoms with Crippen LogP contribution in [0, 0.1) is 21.4 Å². The van der Waals surface area contributed by atoms with Gasteiger partial charge >= 0.3 is 0 Å². The first-order chi connectivity index (χ1) is 12.2. The predicted octanol–water partition coefficient (Wildman–Crippen LogP) is 3.77. The van der Waals surface area contributed by atoms with Gasteiger partial charge in [-0.2, -0.15) is 5.26 Å². The molecule has 0 radical (unpaired) electrons. The zero-order valence-corrected chi connectivity index (χ0v) is 13.5. The molecule has 1 fully saturated rings. The molecule has 0 bridgehead atoms. The number of hydrogen-bond acceptors (Lipinski definition) is 6. The highest BCUT2D eigenvalue weighted by Gasteiger charge is 2.16. The number of benzene rings is 2. The number of nitriles is 1. The Balaban J connectivity index is 1.65. The maximum Gasteiger partial charge on any atom is 0.270 e. The van der Waals surface area contributed by atoms with Crippen LogP contribution in [0.15, 0.2) is 42.5 Å². The maximum atomic E-state index is 10.8. The first kappa shape index (κ1) is 16.7. The number of hydrogen-bond donors (Lipinski definition) is 1. The average molecular weight is 339 g/mol. The second-order valence-electron chi connectivity index (χ2n) is 5.69. The fourth-order valence-electron chi connectivity index (χ4n) is 2.60. The van der Waals surface area contributed by atoms with Crippen molar-refractivity contribution >= 4 is 17.1 Å². The number of rotatable bonds is 6. The van der Waals surface area contributed by atoms with Crippen molar-refractivity contribution in [3.05, 3.63) is 58.1 Å². The molecule has 1 saturated heterocycles. The van der Waals surface area contributed by atoms with Crippen molar-refractivity contribution in [2.24, 2.45) is 0 Å². The van der Waals surface area contributed by atoms with E-state index in [1.165, 1.54) is 18.2 Å². The molecule has 0 unspecified atom stereocenters. The molecule has 0 spiro atoms. The smallest absolute Gasteiger partial charge is 0.270 e. The molecule has 2 aromatic rings. The number of anilines is 2. The number of nitrogens with zero attached hydrogens (tertiary/aromatic N) is 2. The van der Waals surface area contributed by atoms with Crippen LogP contribution >= 0.6 is 0 Å². The van der Waals surface area contributed by atoms with Crippen LogP contribution < -0.4 is 10.1 Å². The summed E-state index contributed by atoms with van der Waals surface area (Å²) in [4.78, 5) is 10.3. The first-order valence-corrected chi connectivity index (χ1v) is 7.96. The quantitative estimate of drug-likeness (QED) is 0.635. The molecule has 0 saturated carbocycles. The Kier molecular flexibility index (Phi) is 5.11. The van der Waals surface area contributed by atoms with E-state index in [-0.39, 0.29) is 17.4 Å². The van der Waals surface area contributed by atoms with Crippen LogP contribution in [0.25, 0.3) is 0 Å². The number of nitro groups is 1. The van der Waals surface area contributed by atoms with Gasteiger partial charge in [0.25, 0.3) is 5.69 Å². The molecule has 1 aliphatic rings. The molecular weight excluding hydrogens is 322 g/mol. The van der Waals surface area contributed by atoms with E-state index in [2.05, 4.69) is 5.32 Å². The summed E-state index contributed by atoms with van der Waals surface area (Å²) in [6, 6.07) is 13.4. The van der Waals surface area contributed by atoms with E-state index in [0.717, 1.165) is 30.9 Å². The van der Waals surface area contributed by atoms with Gasteiger partial charge in [0.2, 0.25) is 0 Å². The highest BCUT2D eigenvalue weighted by Crippen LogP contribution is 2.26. The van der Waals surface area contributed by atoms with E-state index < -0.39 is 4.92 Å². The lowest BCUT2D eigenvalue weighted by Gasteiger charge is -2.12. The molecule has 7 nitrogen and oxygen atoms in total. The Hall–Kier alpha value is -3.11. The Morgan fingerprint density at radius 2 is 2.12 bits per heavy atom. The van der Waals surface area contributed by atoms with Gasteiger partial charge in [0.1, 0.15) is 18.4 Å². The van der Waals surface area contributed by atoms with Crippen molar-refractivity contribution in [2.75, 3.05) is 18.5 Å². The van der Waals surface area contributed by atoms with Crippen LogP contribution in [0.1, 0.15) is 18.4 Å². The van der Waals surface area contributed by atoms with Crippen LogP contribution in [0.5, 0.6) is 5.75 Å². The Labute approximate surface area is 144 Å². The van der Waals surface area contributed by atoms with Gasteiger partial charge < -0.3 is 14.8 Å². The summed E-state index contributed by atoms with van der Waals surface area (Å²) >= 11 is 0. The molecular formula is C18H17N3O4. The van der Waals surface area contributed by atoms with Gasteiger partial charge in [0, 0.05) is 24.4 Å². The van der Waals surface area contributed by atoms with Crippen molar-refractivity contribution < 1.29 is 14.4 Å². The third-order valence-electron chi connectivity index (χ3n) is 3.93. The minimum Gasteiger partial charge on any atom is -0.491 e. The van der Waals surface area contributed by atoms with E-state index in [1.54, 1.807) is 0 Å². The minimum atomic E-state index is -0.523. The van der Waals surface area contributed by atoms with Crippen LogP contribution in [0.2, 0.25) is 0 Å².